The minimum atomic E-state index is -5.70. The Morgan fingerprint density at radius 3 is 2.35 bits per heavy atom. The molecule has 1 aliphatic heterocycles. The summed E-state index contributed by atoms with van der Waals surface area (Å²) in [5, 5.41) is 3.15. The van der Waals surface area contributed by atoms with E-state index in [1.165, 1.54) is 0 Å². The summed E-state index contributed by atoms with van der Waals surface area (Å²) in [7, 11) is 0. The molecule has 1 unspecified atom stereocenters. The first-order valence-corrected chi connectivity index (χ1v) is 7.35. The van der Waals surface area contributed by atoms with Gasteiger partial charge in [0.15, 0.2) is 0 Å². The summed E-state index contributed by atoms with van der Waals surface area (Å²) in [6.07, 6.45) is -4.64. The van der Waals surface area contributed by atoms with Gasteiger partial charge in [0, 0.05) is 11.8 Å². The minimum Gasteiger partial charge on any atom is -0.490 e. The molecule has 1 heterocycles. The zero-order valence-electron chi connectivity index (χ0n) is 12.6. The summed E-state index contributed by atoms with van der Waals surface area (Å²) in [6, 6.07) is 2.71. The molecule has 130 valence electrons. The molecule has 23 heavy (non-hydrogen) atoms. The van der Waals surface area contributed by atoms with E-state index in [1.54, 1.807) is 6.92 Å². The molecule has 0 spiro atoms. The second-order valence-electron chi connectivity index (χ2n) is 5.74. The zero-order valence-corrected chi connectivity index (χ0v) is 12.6. The van der Waals surface area contributed by atoms with Crippen molar-refractivity contribution in [1.29, 1.82) is 0 Å². The molecular formula is C15H19F5N2O. The zero-order chi connectivity index (χ0) is 17.3. The van der Waals surface area contributed by atoms with Crippen molar-refractivity contribution in [2.24, 2.45) is 5.92 Å². The van der Waals surface area contributed by atoms with Crippen molar-refractivity contribution in [2.45, 2.75) is 38.0 Å². The Morgan fingerprint density at radius 1 is 1.17 bits per heavy atom. The fraction of sp³-hybridized carbons (Fsp3) is 0.600. The molecule has 8 heteroatoms. The van der Waals surface area contributed by atoms with Crippen molar-refractivity contribution in [3.05, 3.63) is 23.8 Å². The summed E-state index contributed by atoms with van der Waals surface area (Å²) < 4.78 is 70.8. The number of hydrogen-bond acceptors (Lipinski definition) is 3. The summed E-state index contributed by atoms with van der Waals surface area (Å²) >= 11 is 0. The number of piperidine rings is 1. The summed E-state index contributed by atoms with van der Waals surface area (Å²) in [4.78, 5) is 0. The summed E-state index contributed by atoms with van der Waals surface area (Å²) in [5.74, 6) is -5.42. The number of benzene rings is 1. The van der Waals surface area contributed by atoms with Crippen molar-refractivity contribution in [2.75, 3.05) is 18.8 Å². The molecule has 3 N–H and O–H groups in total. The van der Waals surface area contributed by atoms with Crippen LogP contribution < -0.4 is 15.8 Å². The number of nitrogen functional groups attached to an aromatic ring is 1. The fourth-order valence-electron chi connectivity index (χ4n) is 2.66. The van der Waals surface area contributed by atoms with Gasteiger partial charge in [-0.15, -0.1) is 0 Å². The van der Waals surface area contributed by atoms with Gasteiger partial charge < -0.3 is 15.8 Å². The number of hydrogen-bond donors (Lipinski definition) is 2. The first kappa shape index (κ1) is 17.8. The monoisotopic (exact) mass is 338 g/mol. The van der Waals surface area contributed by atoms with Gasteiger partial charge in [-0.1, -0.05) is 0 Å². The molecule has 0 aliphatic carbocycles. The van der Waals surface area contributed by atoms with Gasteiger partial charge in [-0.05, 0) is 50.9 Å². The molecule has 3 nitrogen and oxygen atoms in total. The van der Waals surface area contributed by atoms with Gasteiger partial charge in [0.2, 0.25) is 0 Å². The number of alkyl halides is 5. The lowest BCUT2D eigenvalue weighted by Crippen LogP contribution is -2.37. The largest absolute Gasteiger partial charge is 0.490 e. The SMILES string of the molecule is CC(Oc1cc(N)ccc1C(F)(F)C(F)(F)F)C1CCNCC1. The fourth-order valence-corrected chi connectivity index (χ4v) is 2.66. The number of nitrogens with one attached hydrogen (secondary N) is 1. The Kier molecular flexibility index (Phi) is 5.03. The number of anilines is 1. The third-order valence-electron chi connectivity index (χ3n) is 4.06. The van der Waals surface area contributed by atoms with Crippen LogP contribution in [0.1, 0.15) is 25.3 Å². The highest BCUT2D eigenvalue weighted by Gasteiger charge is 2.60. The molecule has 1 aromatic carbocycles. The van der Waals surface area contributed by atoms with Gasteiger partial charge in [-0.3, -0.25) is 0 Å². The molecule has 1 aromatic rings. The molecule has 1 fully saturated rings. The topological polar surface area (TPSA) is 47.3 Å². The molecule has 0 bridgehead atoms. The molecular weight excluding hydrogens is 319 g/mol. The van der Waals surface area contributed by atoms with Crippen LogP contribution in [0.5, 0.6) is 5.75 Å². The lowest BCUT2D eigenvalue weighted by molar-refractivity contribution is -0.289. The Hall–Kier alpha value is -1.57. The Balaban J connectivity index is 2.28. The standard InChI is InChI=1S/C15H19F5N2O/c1-9(10-4-6-22-7-5-10)23-13-8-11(21)2-3-12(13)14(16,17)15(18,19)20/h2-3,8-10,22H,4-7,21H2,1H3. The van der Waals surface area contributed by atoms with E-state index in [9.17, 15) is 22.0 Å². The van der Waals surface area contributed by atoms with Crippen LogP contribution in [0.2, 0.25) is 0 Å². The van der Waals surface area contributed by atoms with Crippen LogP contribution in [0.15, 0.2) is 18.2 Å². The molecule has 0 aromatic heterocycles. The molecule has 1 aliphatic rings. The maximum atomic E-state index is 13.7. The average molecular weight is 338 g/mol. The van der Waals surface area contributed by atoms with Crippen LogP contribution in [0.25, 0.3) is 0 Å². The van der Waals surface area contributed by atoms with Crippen LogP contribution in [0.3, 0.4) is 0 Å². The van der Waals surface area contributed by atoms with E-state index in [1.807, 2.05) is 0 Å². The Bertz CT molecular complexity index is 541. The van der Waals surface area contributed by atoms with E-state index in [0.717, 1.165) is 38.1 Å². The average Bonchev–Trinajstić information content (AvgIpc) is 2.46. The van der Waals surface area contributed by atoms with Crippen LogP contribution in [-0.4, -0.2) is 25.4 Å². The Labute approximate surface area is 131 Å². The third kappa shape index (κ3) is 3.85. The van der Waals surface area contributed by atoms with E-state index in [2.05, 4.69) is 5.32 Å². The highest BCUT2D eigenvalue weighted by Crippen LogP contribution is 2.47. The van der Waals surface area contributed by atoms with E-state index in [0.29, 0.717) is 6.07 Å². The number of halogens is 5. The normalized spacial score (nSPS) is 18.7. The molecule has 0 radical (unpaired) electrons. The van der Waals surface area contributed by atoms with Gasteiger partial charge in [0.25, 0.3) is 0 Å². The van der Waals surface area contributed by atoms with E-state index in [-0.39, 0.29) is 11.6 Å². The maximum Gasteiger partial charge on any atom is 0.458 e. The van der Waals surface area contributed by atoms with Crippen LogP contribution >= 0.6 is 0 Å². The minimum absolute atomic E-state index is 0.0687. The number of ether oxygens (including phenoxy) is 1. The second kappa shape index (κ2) is 6.51. The smallest absolute Gasteiger partial charge is 0.458 e. The lowest BCUT2D eigenvalue weighted by atomic mass is 9.93. The van der Waals surface area contributed by atoms with E-state index in [4.69, 9.17) is 10.5 Å². The molecule has 1 atom stereocenters. The van der Waals surface area contributed by atoms with Crippen molar-refractivity contribution < 1.29 is 26.7 Å². The van der Waals surface area contributed by atoms with Gasteiger partial charge >= 0.3 is 12.1 Å². The third-order valence-corrected chi connectivity index (χ3v) is 4.06. The van der Waals surface area contributed by atoms with Crippen LogP contribution in [0.4, 0.5) is 27.6 Å². The van der Waals surface area contributed by atoms with Gasteiger partial charge in [0.05, 0.1) is 11.7 Å². The van der Waals surface area contributed by atoms with E-state index >= 15 is 0 Å². The van der Waals surface area contributed by atoms with Gasteiger partial charge in [-0.2, -0.15) is 22.0 Å². The number of rotatable bonds is 4. The maximum absolute atomic E-state index is 13.7. The van der Waals surface area contributed by atoms with Gasteiger partial charge in [0.1, 0.15) is 5.75 Å². The highest BCUT2D eigenvalue weighted by atomic mass is 19.4. The molecule has 2 rings (SSSR count). The quantitative estimate of drug-likeness (QED) is 0.650. The van der Waals surface area contributed by atoms with E-state index < -0.39 is 29.5 Å². The number of nitrogens with two attached hydrogens (primary N) is 1. The van der Waals surface area contributed by atoms with Crippen molar-refractivity contribution >= 4 is 5.69 Å². The predicted molar refractivity (Wildman–Crippen MR) is 76.5 cm³/mol. The highest BCUT2D eigenvalue weighted by molar-refractivity contribution is 5.50. The van der Waals surface area contributed by atoms with Crippen molar-refractivity contribution in [1.82, 2.24) is 5.32 Å². The summed E-state index contributed by atoms with van der Waals surface area (Å²) in [6.45, 7) is 3.20. The van der Waals surface area contributed by atoms with Crippen molar-refractivity contribution in [3.63, 3.8) is 0 Å². The molecule has 0 amide bonds. The Morgan fingerprint density at radius 2 is 1.78 bits per heavy atom. The first-order chi connectivity index (χ1) is 10.6. The van der Waals surface area contributed by atoms with Crippen molar-refractivity contribution in [3.8, 4) is 5.75 Å². The lowest BCUT2D eigenvalue weighted by Gasteiger charge is -2.30. The predicted octanol–water partition coefficient (Wildman–Crippen LogP) is 3.69. The first-order valence-electron chi connectivity index (χ1n) is 7.35. The van der Waals surface area contributed by atoms with Crippen LogP contribution in [-0.2, 0) is 5.92 Å². The molecule has 1 saturated heterocycles. The molecule has 0 saturated carbocycles. The summed E-state index contributed by atoms with van der Waals surface area (Å²) in [5.41, 5.74) is 4.38. The van der Waals surface area contributed by atoms with Gasteiger partial charge in [-0.25, -0.2) is 0 Å². The van der Waals surface area contributed by atoms with Crippen LogP contribution in [0, 0.1) is 5.92 Å². The second-order valence-corrected chi connectivity index (χ2v) is 5.74.